The quantitative estimate of drug-likeness (QED) is 0.858. The summed E-state index contributed by atoms with van der Waals surface area (Å²) in [5.41, 5.74) is 2.94. The van der Waals surface area contributed by atoms with Crippen LogP contribution in [0.3, 0.4) is 0 Å². The number of benzene rings is 1. The minimum Gasteiger partial charge on any atom is -0.381 e. The number of nitrogens with one attached hydrogen (secondary N) is 1. The number of hydrogen-bond acceptors (Lipinski definition) is 3. The molecule has 0 aliphatic carbocycles. The fourth-order valence-electron chi connectivity index (χ4n) is 2.13. The Morgan fingerprint density at radius 2 is 2.21 bits per heavy atom. The van der Waals surface area contributed by atoms with Crippen molar-refractivity contribution >= 4 is 23.4 Å². The smallest absolute Gasteiger partial charge is 0.253 e. The van der Waals surface area contributed by atoms with Crippen LogP contribution in [0, 0.1) is 6.92 Å². The van der Waals surface area contributed by atoms with E-state index in [0.29, 0.717) is 0 Å². The second-order valence-electron chi connectivity index (χ2n) is 4.60. The van der Waals surface area contributed by atoms with Gasteiger partial charge in [-0.1, -0.05) is 6.08 Å². The number of carbonyl (C=O) groups is 1. The molecule has 1 aliphatic rings. The highest BCUT2D eigenvalue weighted by Gasteiger charge is 2.18. The van der Waals surface area contributed by atoms with E-state index in [1.165, 1.54) is 0 Å². The maximum absolute atomic E-state index is 12.4. The van der Waals surface area contributed by atoms with E-state index in [2.05, 4.69) is 11.9 Å². The molecule has 3 nitrogen and oxygen atoms in total. The standard InChI is InChI=1S/C15H20N2OS/c1-3-6-16-14-5-4-13(11-12(14)2)15(18)17-7-9-19-10-8-17/h3-5,11,16H,1,6-10H2,2H3. The summed E-state index contributed by atoms with van der Waals surface area (Å²) in [6.07, 6.45) is 1.82. The molecule has 19 heavy (non-hydrogen) atoms. The number of hydrogen-bond donors (Lipinski definition) is 1. The fraction of sp³-hybridized carbons (Fsp3) is 0.400. The molecule has 4 heteroatoms. The Balaban J connectivity index is 2.09. The van der Waals surface area contributed by atoms with Crippen molar-refractivity contribution in [1.82, 2.24) is 4.90 Å². The van der Waals surface area contributed by atoms with Crippen LogP contribution in [-0.4, -0.2) is 41.9 Å². The zero-order chi connectivity index (χ0) is 13.7. The van der Waals surface area contributed by atoms with Crippen molar-refractivity contribution in [3.63, 3.8) is 0 Å². The summed E-state index contributed by atoms with van der Waals surface area (Å²) in [5.74, 6) is 2.24. The van der Waals surface area contributed by atoms with Gasteiger partial charge in [-0.15, -0.1) is 6.58 Å². The average molecular weight is 276 g/mol. The number of amides is 1. The Bertz CT molecular complexity index is 467. The van der Waals surface area contributed by atoms with Crippen molar-refractivity contribution in [3.05, 3.63) is 42.0 Å². The molecule has 1 fully saturated rings. The molecule has 2 rings (SSSR count). The summed E-state index contributed by atoms with van der Waals surface area (Å²) >= 11 is 1.91. The molecule has 0 atom stereocenters. The largest absolute Gasteiger partial charge is 0.381 e. The molecule has 1 heterocycles. The van der Waals surface area contributed by atoms with Crippen molar-refractivity contribution in [1.29, 1.82) is 0 Å². The predicted octanol–water partition coefficient (Wildman–Crippen LogP) is 2.78. The van der Waals surface area contributed by atoms with Gasteiger partial charge >= 0.3 is 0 Å². The molecule has 1 aromatic carbocycles. The first-order chi connectivity index (χ1) is 9.22. The minimum absolute atomic E-state index is 0.152. The van der Waals surface area contributed by atoms with Gasteiger partial charge in [0.2, 0.25) is 0 Å². The maximum atomic E-state index is 12.4. The number of rotatable bonds is 4. The Kier molecular flexibility index (Phi) is 4.91. The van der Waals surface area contributed by atoms with Crippen LogP contribution in [-0.2, 0) is 0 Å². The van der Waals surface area contributed by atoms with Crippen molar-refractivity contribution in [2.75, 3.05) is 36.5 Å². The lowest BCUT2D eigenvalue weighted by Crippen LogP contribution is -2.37. The van der Waals surface area contributed by atoms with Crippen LogP contribution in [0.5, 0.6) is 0 Å². The van der Waals surface area contributed by atoms with E-state index in [1.807, 2.05) is 47.9 Å². The van der Waals surface area contributed by atoms with Gasteiger partial charge in [0.15, 0.2) is 0 Å². The van der Waals surface area contributed by atoms with Gasteiger partial charge in [-0.25, -0.2) is 0 Å². The normalized spacial score (nSPS) is 15.1. The highest BCUT2D eigenvalue weighted by molar-refractivity contribution is 7.99. The summed E-state index contributed by atoms with van der Waals surface area (Å²) in [7, 11) is 0. The van der Waals surface area contributed by atoms with E-state index in [9.17, 15) is 4.79 Å². The van der Waals surface area contributed by atoms with Crippen LogP contribution in [0.15, 0.2) is 30.9 Å². The molecule has 1 N–H and O–H groups in total. The first kappa shape index (κ1) is 14.0. The predicted molar refractivity (Wildman–Crippen MR) is 83.1 cm³/mol. The highest BCUT2D eigenvalue weighted by Crippen LogP contribution is 2.19. The van der Waals surface area contributed by atoms with Crippen molar-refractivity contribution in [3.8, 4) is 0 Å². The van der Waals surface area contributed by atoms with Gasteiger partial charge in [0.1, 0.15) is 0 Å². The zero-order valence-corrected chi connectivity index (χ0v) is 12.1. The van der Waals surface area contributed by atoms with E-state index in [1.54, 1.807) is 0 Å². The van der Waals surface area contributed by atoms with Crippen LogP contribution in [0.1, 0.15) is 15.9 Å². The monoisotopic (exact) mass is 276 g/mol. The number of nitrogens with zero attached hydrogens (tertiary/aromatic N) is 1. The van der Waals surface area contributed by atoms with E-state index in [-0.39, 0.29) is 5.91 Å². The maximum Gasteiger partial charge on any atom is 0.253 e. The third-order valence-electron chi connectivity index (χ3n) is 3.21. The lowest BCUT2D eigenvalue weighted by atomic mass is 10.1. The number of anilines is 1. The Hall–Kier alpha value is -1.42. The zero-order valence-electron chi connectivity index (χ0n) is 11.3. The fourth-order valence-corrected chi connectivity index (χ4v) is 3.03. The lowest BCUT2D eigenvalue weighted by molar-refractivity contribution is 0.0772. The van der Waals surface area contributed by atoms with Gasteiger partial charge < -0.3 is 10.2 Å². The molecular formula is C15H20N2OS. The lowest BCUT2D eigenvalue weighted by Gasteiger charge is -2.26. The molecule has 0 unspecified atom stereocenters. The summed E-state index contributed by atoms with van der Waals surface area (Å²) < 4.78 is 0. The van der Waals surface area contributed by atoms with Gasteiger partial charge in [0, 0.05) is 42.4 Å². The van der Waals surface area contributed by atoms with Gasteiger partial charge in [-0.05, 0) is 30.7 Å². The molecule has 0 saturated carbocycles. The van der Waals surface area contributed by atoms with Gasteiger partial charge in [-0.3, -0.25) is 4.79 Å². The third kappa shape index (κ3) is 3.53. The molecule has 0 radical (unpaired) electrons. The van der Waals surface area contributed by atoms with Crippen LogP contribution >= 0.6 is 11.8 Å². The van der Waals surface area contributed by atoms with Crippen LogP contribution in [0.25, 0.3) is 0 Å². The van der Waals surface area contributed by atoms with Crippen molar-refractivity contribution in [2.24, 2.45) is 0 Å². The minimum atomic E-state index is 0.152. The van der Waals surface area contributed by atoms with Gasteiger partial charge in [0.05, 0.1) is 0 Å². The summed E-state index contributed by atoms with van der Waals surface area (Å²) in [4.78, 5) is 14.3. The van der Waals surface area contributed by atoms with Crippen LogP contribution < -0.4 is 5.32 Å². The molecule has 1 aliphatic heterocycles. The molecule has 1 aromatic rings. The molecule has 1 saturated heterocycles. The molecule has 1 amide bonds. The number of carbonyl (C=O) groups excluding carboxylic acids is 1. The van der Waals surface area contributed by atoms with Crippen molar-refractivity contribution < 1.29 is 4.79 Å². The Labute approximate surface area is 119 Å². The van der Waals surface area contributed by atoms with Gasteiger partial charge in [0.25, 0.3) is 5.91 Å². The number of aryl methyl sites for hydroxylation is 1. The Morgan fingerprint density at radius 1 is 1.47 bits per heavy atom. The Morgan fingerprint density at radius 3 is 2.84 bits per heavy atom. The van der Waals surface area contributed by atoms with E-state index >= 15 is 0 Å². The van der Waals surface area contributed by atoms with Crippen LogP contribution in [0.2, 0.25) is 0 Å². The highest BCUT2D eigenvalue weighted by atomic mass is 32.2. The first-order valence-electron chi connectivity index (χ1n) is 6.55. The summed E-state index contributed by atoms with van der Waals surface area (Å²) in [6, 6.07) is 5.85. The van der Waals surface area contributed by atoms with E-state index in [4.69, 9.17) is 0 Å². The molecule has 0 spiro atoms. The second kappa shape index (κ2) is 6.66. The summed E-state index contributed by atoms with van der Waals surface area (Å²) in [6.45, 7) is 8.16. The second-order valence-corrected chi connectivity index (χ2v) is 5.83. The third-order valence-corrected chi connectivity index (χ3v) is 4.15. The first-order valence-corrected chi connectivity index (χ1v) is 7.70. The number of thioether (sulfide) groups is 1. The van der Waals surface area contributed by atoms with Gasteiger partial charge in [-0.2, -0.15) is 11.8 Å². The van der Waals surface area contributed by atoms with Crippen LogP contribution in [0.4, 0.5) is 5.69 Å². The molecule has 102 valence electrons. The van der Waals surface area contributed by atoms with E-state index < -0.39 is 0 Å². The topological polar surface area (TPSA) is 32.3 Å². The molecule has 0 bridgehead atoms. The average Bonchev–Trinajstić information content (AvgIpc) is 2.46. The van der Waals surface area contributed by atoms with Crippen molar-refractivity contribution in [2.45, 2.75) is 6.92 Å². The molecular weight excluding hydrogens is 256 g/mol. The van der Waals surface area contributed by atoms with E-state index in [0.717, 1.165) is 48.0 Å². The summed E-state index contributed by atoms with van der Waals surface area (Å²) in [5, 5.41) is 3.26. The molecule has 0 aromatic heterocycles. The SMILES string of the molecule is C=CCNc1ccc(C(=O)N2CCSCC2)cc1C.